The molecule has 0 N–H and O–H groups in total. The maximum Gasteiger partial charge on any atom is 0.256 e. The Balaban J connectivity index is 2.30. The molecule has 1 atom stereocenters. The van der Waals surface area contributed by atoms with E-state index in [4.69, 9.17) is 4.74 Å². The summed E-state index contributed by atoms with van der Waals surface area (Å²) in [5.41, 5.74) is 2.67. The zero-order chi connectivity index (χ0) is 21.6. The van der Waals surface area contributed by atoms with E-state index in [9.17, 15) is 9.18 Å². The summed E-state index contributed by atoms with van der Waals surface area (Å²) in [7, 11) is 1.47. The summed E-state index contributed by atoms with van der Waals surface area (Å²) in [5.74, 6) is -0.457. The van der Waals surface area contributed by atoms with Gasteiger partial charge in [0.2, 0.25) is 0 Å². The number of allylic oxidation sites excluding steroid dienone is 3. The molecule has 1 aromatic rings. The number of carbonyl (C=O) groups is 1. The second-order valence-electron chi connectivity index (χ2n) is 7.27. The molecule has 0 radical (unpaired) electrons. The maximum absolute atomic E-state index is 14.4. The van der Waals surface area contributed by atoms with Crippen LogP contribution in [0.1, 0.15) is 44.0 Å². The summed E-state index contributed by atoms with van der Waals surface area (Å²) in [4.78, 5) is 14.7. The number of likely N-dealkylation sites (tertiary alicyclic amines) is 1. The molecule has 1 saturated heterocycles. The second-order valence-corrected chi connectivity index (χ2v) is 7.27. The van der Waals surface area contributed by atoms with Gasteiger partial charge in [-0.3, -0.25) is 4.79 Å². The lowest BCUT2D eigenvalue weighted by Crippen LogP contribution is -2.42. The molecule has 1 unspecified atom stereocenters. The van der Waals surface area contributed by atoms with Gasteiger partial charge in [-0.05, 0) is 51.8 Å². The van der Waals surface area contributed by atoms with Gasteiger partial charge in [-0.15, -0.1) is 0 Å². The van der Waals surface area contributed by atoms with Crippen molar-refractivity contribution in [1.29, 1.82) is 0 Å². The van der Waals surface area contributed by atoms with Crippen molar-refractivity contribution >= 4 is 12.1 Å². The van der Waals surface area contributed by atoms with E-state index in [1.165, 1.54) is 19.2 Å². The number of ether oxygens (including phenoxy) is 1. The number of benzene rings is 1. The van der Waals surface area contributed by atoms with Crippen molar-refractivity contribution in [2.45, 2.75) is 33.6 Å². The normalized spacial score (nSPS) is 17.3. The quantitative estimate of drug-likeness (QED) is 0.369. The zero-order valence-electron chi connectivity index (χ0n) is 17.7. The number of rotatable bonds is 7. The lowest BCUT2D eigenvalue weighted by atomic mass is 9.92. The van der Waals surface area contributed by atoms with Crippen LogP contribution in [0.3, 0.4) is 0 Å². The van der Waals surface area contributed by atoms with Crippen LogP contribution >= 0.6 is 0 Å². The number of piperidine rings is 1. The van der Waals surface area contributed by atoms with Crippen LogP contribution in [0.2, 0.25) is 0 Å². The molecule has 0 saturated carbocycles. The summed E-state index contributed by atoms with van der Waals surface area (Å²) in [6.45, 7) is 14.7. The topological polar surface area (TPSA) is 45.1 Å². The molecule has 1 fully saturated rings. The van der Waals surface area contributed by atoms with Gasteiger partial charge in [-0.2, -0.15) is 5.10 Å². The highest BCUT2D eigenvalue weighted by Crippen LogP contribution is 2.30. The van der Waals surface area contributed by atoms with Crippen LogP contribution in [-0.2, 0) is 0 Å². The maximum atomic E-state index is 14.4. The highest BCUT2D eigenvalue weighted by Gasteiger charge is 2.30. The first-order valence-corrected chi connectivity index (χ1v) is 9.72. The van der Waals surface area contributed by atoms with Gasteiger partial charge >= 0.3 is 0 Å². The fraction of sp³-hybridized carbons (Fsp3) is 0.391. The Morgan fingerprint density at radius 2 is 2.10 bits per heavy atom. The minimum absolute atomic E-state index is 0.0473. The second kappa shape index (κ2) is 10.0. The summed E-state index contributed by atoms with van der Waals surface area (Å²) in [5, 5.41) is 6.23. The van der Waals surface area contributed by atoms with E-state index in [0.717, 1.165) is 29.8 Å². The third-order valence-electron chi connectivity index (χ3n) is 4.76. The average Bonchev–Trinajstić information content (AvgIpc) is 2.69. The van der Waals surface area contributed by atoms with Gasteiger partial charge in [0.15, 0.2) is 0 Å². The van der Waals surface area contributed by atoms with E-state index >= 15 is 0 Å². The van der Waals surface area contributed by atoms with Crippen LogP contribution in [0.25, 0.3) is 0 Å². The molecule has 0 spiro atoms. The first kappa shape index (κ1) is 22.4. The van der Waals surface area contributed by atoms with Crippen molar-refractivity contribution in [1.82, 2.24) is 9.91 Å². The highest BCUT2D eigenvalue weighted by atomic mass is 19.1. The molecular formula is C23H30FN3O2. The van der Waals surface area contributed by atoms with E-state index < -0.39 is 5.82 Å². The molecule has 1 aliphatic heterocycles. The summed E-state index contributed by atoms with van der Waals surface area (Å²) >= 11 is 0. The van der Waals surface area contributed by atoms with Crippen molar-refractivity contribution < 1.29 is 13.9 Å². The first-order chi connectivity index (χ1) is 13.8. The number of halogens is 1. The van der Waals surface area contributed by atoms with Gasteiger partial charge in [0.05, 0.1) is 12.7 Å². The zero-order valence-corrected chi connectivity index (χ0v) is 17.7. The molecule has 5 nitrogen and oxygen atoms in total. The van der Waals surface area contributed by atoms with Crippen molar-refractivity contribution in [3.63, 3.8) is 0 Å². The summed E-state index contributed by atoms with van der Waals surface area (Å²) < 4.78 is 19.4. The Morgan fingerprint density at radius 3 is 2.66 bits per heavy atom. The number of hydrogen-bond acceptors (Lipinski definition) is 4. The molecule has 0 aliphatic carbocycles. The monoisotopic (exact) mass is 399 g/mol. The average molecular weight is 400 g/mol. The van der Waals surface area contributed by atoms with Gasteiger partial charge in [0, 0.05) is 42.7 Å². The number of carbonyl (C=O) groups excluding carboxylic acids is 1. The number of hydrogen-bond donors (Lipinski definition) is 0. The van der Waals surface area contributed by atoms with E-state index in [1.807, 2.05) is 26.8 Å². The number of nitrogens with zero attached hydrogens (tertiary/aromatic N) is 3. The van der Waals surface area contributed by atoms with Crippen LogP contribution in [0.15, 0.2) is 59.5 Å². The highest BCUT2D eigenvalue weighted by molar-refractivity contribution is 5.94. The van der Waals surface area contributed by atoms with E-state index in [2.05, 4.69) is 18.3 Å². The van der Waals surface area contributed by atoms with Crippen molar-refractivity contribution in [2.24, 2.45) is 11.0 Å². The molecule has 2 rings (SSSR count). The van der Waals surface area contributed by atoms with Crippen molar-refractivity contribution in [2.75, 3.05) is 20.2 Å². The Morgan fingerprint density at radius 1 is 1.38 bits per heavy atom. The molecule has 156 valence electrons. The SMILES string of the molecule is C=C(C)/C=C(/C1CCCN(C(=O)c2ccc(OC)cc2F)C1)N(/N=C\C)C(=C)C. The van der Waals surface area contributed by atoms with Gasteiger partial charge in [-0.1, -0.05) is 18.7 Å². The largest absolute Gasteiger partial charge is 0.497 e. The standard InChI is InChI=1S/C23H30FN3O2/c1-7-25-27(17(4)5)22(13-16(2)3)18-9-8-12-26(15-18)23(28)20-11-10-19(29-6)14-21(20)24/h7,10-11,13-14,18H,2,4,8-9,12,15H2,1,3,5-6H3/b22-13-,25-7-. The lowest BCUT2D eigenvalue weighted by molar-refractivity contribution is 0.0674. The van der Waals surface area contributed by atoms with E-state index in [1.54, 1.807) is 22.2 Å². The third kappa shape index (κ3) is 5.56. The van der Waals surface area contributed by atoms with Crippen molar-refractivity contribution in [3.8, 4) is 5.75 Å². The smallest absolute Gasteiger partial charge is 0.256 e. The first-order valence-electron chi connectivity index (χ1n) is 9.72. The summed E-state index contributed by atoms with van der Waals surface area (Å²) in [6, 6.07) is 4.31. The summed E-state index contributed by atoms with van der Waals surface area (Å²) in [6.07, 6.45) is 5.41. The van der Waals surface area contributed by atoms with Crippen molar-refractivity contribution in [3.05, 3.63) is 65.8 Å². The fourth-order valence-electron chi connectivity index (χ4n) is 3.48. The van der Waals surface area contributed by atoms with Gasteiger partial charge in [-0.25, -0.2) is 9.40 Å². The predicted molar refractivity (Wildman–Crippen MR) is 115 cm³/mol. The van der Waals surface area contributed by atoms with E-state index in [-0.39, 0.29) is 17.4 Å². The number of amides is 1. The predicted octanol–water partition coefficient (Wildman–Crippen LogP) is 4.99. The minimum Gasteiger partial charge on any atom is -0.497 e. The minimum atomic E-state index is -0.576. The molecule has 6 heteroatoms. The molecule has 1 aliphatic rings. The van der Waals surface area contributed by atoms with Crippen LogP contribution in [0.5, 0.6) is 5.75 Å². The van der Waals surface area contributed by atoms with Gasteiger partial charge in [0.25, 0.3) is 5.91 Å². The van der Waals surface area contributed by atoms with E-state index in [0.29, 0.717) is 18.8 Å². The van der Waals surface area contributed by atoms with Gasteiger partial charge in [0.1, 0.15) is 11.6 Å². The molecule has 1 aromatic carbocycles. The Kier molecular flexibility index (Phi) is 7.76. The number of hydrazone groups is 1. The van der Waals surface area contributed by atoms with Crippen LogP contribution in [-0.4, -0.2) is 42.2 Å². The Hall–Kier alpha value is -2.89. The molecule has 1 heterocycles. The third-order valence-corrected chi connectivity index (χ3v) is 4.76. The van der Waals surface area contributed by atoms with Crippen LogP contribution in [0, 0.1) is 11.7 Å². The molecule has 1 amide bonds. The lowest BCUT2D eigenvalue weighted by Gasteiger charge is -2.37. The molecule has 29 heavy (non-hydrogen) atoms. The molecular weight excluding hydrogens is 369 g/mol. The van der Waals surface area contributed by atoms with Crippen LogP contribution in [0.4, 0.5) is 4.39 Å². The fourth-order valence-corrected chi connectivity index (χ4v) is 3.48. The molecule has 0 bridgehead atoms. The number of methoxy groups -OCH3 is 1. The van der Waals surface area contributed by atoms with Gasteiger partial charge < -0.3 is 9.64 Å². The molecule has 0 aromatic heterocycles. The Labute approximate surface area is 172 Å². The van der Waals surface area contributed by atoms with Crippen LogP contribution < -0.4 is 4.74 Å². The Bertz CT molecular complexity index is 845.